The summed E-state index contributed by atoms with van der Waals surface area (Å²) in [5.74, 6) is 0.795. The SMILES string of the molecule is COc1ccc(C(=O)c2ccccc2CCN)c(C)c1. The van der Waals surface area contributed by atoms with E-state index in [4.69, 9.17) is 10.5 Å². The Morgan fingerprint density at radius 3 is 2.55 bits per heavy atom. The number of aryl methyl sites for hydroxylation is 1. The minimum Gasteiger partial charge on any atom is -0.497 e. The molecule has 0 atom stereocenters. The molecule has 0 aliphatic carbocycles. The quantitative estimate of drug-likeness (QED) is 0.849. The number of ether oxygens (including phenoxy) is 1. The number of benzene rings is 2. The van der Waals surface area contributed by atoms with Crippen molar-refractivity contribution < 1.29 is 9.53 Å². The summed E-state index contributed by atoms with van der Waals surface area (Å²) in [6, 6.07) is 13.1. The Bertz CT molecular complexity index is 620. The zero-order chi connectivity index (χ0) is 14.5. The van der Waals surface area contributed by atoms with Crippen LogP contribution >= 0.6 is 0 Å². The van der Waals surface area contributed by atoms with Crippen LogP contribution in [0.2, 0.25) is 0 Å². The van der Waals surface area contributed by atoms with Crippen LogP contribution in [0.3, 0.4) is 0 Å². The molecule has 0 radical (unpaired) electrons. The van der Waals surface area contributed by atoms with Crippen molar-refractivity contribution in [2.45, 2.75) is 13.3 Å². The molecule has 2 aromatic rings. The predicted molar refractivity (Wildman–Crippen MR) is 80.4 cm³/mol. The number of carbonyl (C=O) groups excluding carboxylic acids is 1. The number of nitrogens with two attached hydrogens (primary N) is 1. The Labute approximate surface area is 119 Å². The highest BCUT2D eigenvalue weighted by Crippen LogP contribution is 2.21. The van der Waals surface area contributed by atoms with Crippen LogP contribution in [0.15, 0.2) is 42.5 Å². The Morgan fingerprint density at radius 2 is 1.90 bits per heavy atom. The average Bonchev–Trinajstić information content (AvgIpc) is 2.47. The van der Waals surface area contributed by atoms with Crippen LogP contribution in [0.1, 0.15) is 27.0 Å². The maximum atomic E-state index is 12.7. The molecule has 0 aliphatic rings. The second-order valence-corrected chi connectivity index (χ2v) is 4.71. The van der Waals surface area contributed by atoms with E-state index < -0.39 is 0 Å². The van der Waals surface area contributed by atoms with Crippen molar-refractivity contribution in [3.63, 3.8) is 0 Å². The second kappa shape index (κ2) is 6.35. The number of ketones is 1. The summed E-state index contributed by atoms with van der Waals surface area (Å²) in [6.45, 7) is 2.45. The molecule has 2 rings (SSSR count). The Balaban J connectivity index is 2.41. The molecule has 0 aliphatic heterocycles. The van der Waals surface area contributed by atoms with Crippen molar-refractivity contribution in [2.24, 2.45) is 5.73 Å². The molecule has 20 heavy (non-hydrogen) atoms. The molecule has 2 N–H and O–H groups in total. The van der Waals surface area contributed by atoms with Crippen LogP contribution in [-0.2, 0) is 6.42 Å². The zero-order valence-electron chi connectivity index (χ0n) is 11.8. The molecule has 104 valence electrons. The number of hydrogen-bond acceptors (Lipinski definition) is 3. The van der Waals surface area contributed by atoms with E-state index in [0.29, 0.717) is 18.5 Å². The third-order valence-electron chi connectivity index (χ3n) is 3.35. The normalized spacial score (nSPS) is 10.3. The van der Waals surface area contributed by atoms with Gasteiger partial charge in [0, 0.05) is 11.1 Å². The molecule has 0 aromatic heterocycles. The Kier molecular flexibility index (Phi) is 4.53. The highest BCUT2D eigenvalue weighted by Gasteiger charge is 2.15. The van der Waals surface area contributed by atoms with Crippen LogP contribution in [-0.4, -0.2) is 19.4 Å². The van der Waals surface area contributed by atoms with Gasteiger partial charge in [-0.1, -0.05) is 24.3 Å². The van der Waals surface area contributed by atoms with E-state index in [2.05, 4.69) is 0 Å². The summed E-state index contributed by atoms with van der Waals surface area (Å²) in [6.07, 6.45) is 0.705. The Morgan fingerprint density at radius 1 is 1.15 bits per heavy atom. The average molecular weight is 269 g/mol. The fourth-order valence-corrected chi connectivity index (χ4v) is 2.28. The topological polar surface area (TPSA) is 52.3 Å². The highest BCUT2D eigenvalue weighted by molar-refractivity contribution is 6.10. The van der Waals surface area contributed by atoms with Crippen LogP contribution in [0, 0.1) is 6.92 Å². The minimum atomic E-state index is 0.0363. The van der Waals surface area contributed by atoms with Gasteiger partial charge in [0.25, 0.3) is 0 Å². The van der Waals surface area contributed by atoms with E-state index in [9.17, 15) is 4.79 Å². The first-order valence-corrected chi connectivity index (χ1v) is 6.64. The largest absolute Gasteiger partial charge is 0.497 e. The van der Waals surface area contributed by atoms with Gasteiger partial charge in [0.1, 0.15) is 5.75 Å². The van der Waals surface area contributed by atoms with E-state index in [-0.39, 0.29) is 5.78 Å². The molecular formula is C17H19NO2. The fraction of sp³-hybridized carbons (Fsp3) is 0.235. The van der Waals surface area contributed by atoms with Gasteiger partial charge in [-0.3, -0.25) is 4.79 Å². The van der Waals surface area contributed by atoms with Crippen molar-refractivity contribution in [2.75, 3.05) is 13.7 Å². The third kappa shape index (κ3) is 2.89. The summed E-state index contributed by atoms with van der Waals surface area (Å²) in [7, 11) is 1.62. The van der Waals surface area contributed by atoms with Gasteiger partial charge in [0.2, 0.25) is 0 Å². The summed E-state index contributed by atoms with van der Waals surface area (Å²) in [4.78, 5) is 12.7. The molecule has 0 heterocycles. The first kappa shape index (κ1) is 14.3. The third-order valence-corrected chi connectivity index (χ3v) is 3.35. The number of hydrogen-bond donors (Lipinski definition) is 1. The molecule has 3 heteroatoms. The lowest BCUT2D eigenvalue weighted by Crippen LogP contribution is -2.10. The van der Waals surface area contributed by atoms with E-state index in [1.54, 1.807) is 7.11 Å². The first-order valence-electron chi connectivity index (χ1n) is 6.64. The number of rotatable bonds is 5. The van der Waals surface area contributed by atoms with Gasteiger partial charge in [0.15, 0.2) is 5.78 Å². The van der Waals surface area contributed by atoms with Gasteiger partial charge in [-0.15, -0.1) is 0 Å². The number of carbonyl (C=O) groups is 1. The molecule has 2 aromatic carbocycles. The smallest absolute Gasteiger partial charge is 0.193 e. The molecule has 0 spiro atoms. The maximum absolute atomic E-state index is 12.7. The summed E-state index contributed by atoms with van der Waals surface area (Å²) >= 11 is 0. The van der Waals surface area contributed by atoms with Gasteiger partial charge in [-0.25, -0.2) is 0 Å². The molecule has 0 saturated carbocycles. The summed E-state index contributed by atoms with van der Waals surface area (Å²) in [5.41, 5.74) is 8.95. The van der Waals surface area contributed by atoms with Gasteiger partial charge in [0.05, 0.1) is 7.11 Å². The van der Waals surface area contributed by atoms with Crippen LogP contribution < -0.4 is 10.5 Å². The van der Waals surface area contributed by atoms with Gasteiger partial charge in [-0.05, 0) is 49.2 Å². The lowest BCUT2D eigenvalue weighted by molar-refractivity contribution is 0.103. The van der Waals surface area contributed by atoms with Crippen LogP contribution in [0.25, 0.3) is 0 Å². The van der Waals surface area contributed by atoms with Crippen molar-refractivity contribution in [1.29, 1.82) is 0 Å². The van der Waals surface area contributed by atoms with Crippen LogP contribution in [0.5, 0.6) is 5.75 Å². The fourth-order valence-electron chi connectivity index (χ4n) is 2.28. The highest BCUT2D eigenvalue weighted by atomic mass is 16.5. The zero-order valence-corrected chi connectivity index (χ0v) is 11.8. The van der Waals surface area contributed by atoms with Crippen LogP contribution in [0.4, 0.5) is 0 Å². The van der Waals surface area contributed by atoms with E-state index in [1.807, 2.05) is 49.4 Å². The lowest BCUT2D eigenvalue weighted by Gasteiger charge is -2.10. The molecular weight excluding hydrogens is 250 g/mol. The van der Waals surface area contributed by atoms with E-state index in [0.717, 1.165) is 22.4 Å². The van der Waals surface area contributed by atoms with E-state index in [1.165, 1.54) is 0 Å². The van der Waals surface area contributed by atoms with Gasteiger partial charge >= 0.3 is 0 Å². The van der Waals surface area contributed by atoms with Gasteiger partial charge < -0.3 is 10.5 Å². The molecule has 3 nitrogen and oxygen atoms in total. The Hall–Kier alpha value is -2.13. The number of methoxy groups -OCH3 is 1. The monoisotopic (exact) mass is 269 g/mol. The molecule has 0 fully saturated rings. The van der Waals surface area contributed by atoms with Crippen molar-refractivity contribution >= 4 is 5.78 Å². The molecule has 0 amide bonds. The standard InChI is InChI=1S/C17H19NO2/c1-12-11-14(20-2)7-8-15(12)17(19)16-6-4-3-5-13(16)9-10-18/h3-8,11H,9-10,18H2,1-2H3. The van der Waals surface area contributed by atoms with Crippen molar-refractivity contribution in [1.82, 2.24) is 0 Å². The summed E-state index contributed by atoms with van der Waals surface area (Å²) < 4.78 is 5.17. The van der Waals surface area contributed by atoms with Crippen molar-refractivity contribution in [3.8, 4) is 5.75 Å². The molecule has 0 unspecified atom stereocenters. The minimum absolute atomic E-state index is 0.0363. The summed E-state index contributed by atoms with van der Waals surface area (Å²) in [5, 5.41) is 0. The van der Waals surface area contributed by atoms with Crippen molar-refractivity contribution in [3.05, 3.63) is 64.7 Å². The van der Waals surface area contributed by atoms with Gasteiger partial charge in [-0.2, -0.15) is 0 Å². The predicted octanol–water partition coefficient (Wildman–Crippen LogP) is 2.74. The van der Waals surface area contributed by atoms with E-state index >= 15 is 0 Å². The molecule has 0 saturated heterocycles. The molecule has 0 bridgehead atoms. The lowest BCUT2D eigenvalue weighted by atomic mass is 9.94. The maximum Gasteiger partial charge on any atom is 0.193 e. The second-order valence-electron chi connectivity index (χ2n) is 4.71. The first-order chi connectivity index (χ1) is 9.67.